The van der Waals surface area contributed by atoms with Crippen molar-refractivity contribution in [3.63, 3.8) is 0 Å². The first-order chi connectivity index (χ1) is 12.7. The first-order valence-electron chi connectivity index (χ1n) is 9.21. The van der Waals surface area contributed by atoms with Crippen LogP contribution in [0.25, 0.3) is 0 Å². The Balaban J connectivity index is 1.41. The second-order valence-corrected chi connectivity index (χ2v) is 6.97. The summed E-state index contributed by atoms with van der Waals surface area (Å²) >= 11 is 0. The van der Waals surface area contributed by atoms with Crippen molar-refractivity contribution >= 4 is 11.7 Å². The fourth-order valence-electron chi connectivity index (χ4n) is 3.40. The lowest BCUT2D eigenvalue weighted by Gasteiger charge is -2.33. The molecule has 1 fully saturated rings. The minimum atomic E-state index is 0.0801. The summed E-state index contributed by atoms with van der Waals surface area (Å²) in [5.74, 6) is 1.58. The lowest BCUT2D eigenvalue weighted by atomic mass is 9.98. The number of hydrogen-bond donors (Lipinski definition) is 1. The lowest BCUT2D eigenvalue weighted by molar-refractivity contribution is -0.122. The van der Waals surface area contributed by atoms with Crippen LogP contribution in [0.2, 0.25) is 0 Å². The topological polar surface area (TPSA) is 61.4 Å². The van der Waals surface area contributed by atoms with Gasteiger partial charge in [0.05, 0.1) is 6.54 Å². The van der Waals surface area contributed by atoms with Crippen LogP contribution in [0.15, 0.2) is 48.9 Å². The Hall–Kier alpha value is -2.47. The monoisotopic (exact) mass is 353 g/mol. The van der Waals surface area contributed by atoms with Gasteiger partial charge in [0.15, 0.2) is 0 Å². The van der Waals surface area contributed by atoms with Crippen molar-refractivity contribution in [2.24, 2.45) is 5.92 Å². The predicted molar refractivity (Wildman–Crippen MR) is 103 cm³/mol. The van der Waals surface area contributed by atoms with Crippen molar-refractivity contribution in [1.29, 1.82) is 0 Å². The van der Waals surface area contributed by atoms with Gasteiger partial charge in [0.1, 0.15) is 5.82 Å². The van der Waals surface area contributed by atoms with Gasteiger partial charge in [-0.1, -0.05) is 6.07 Å². The van der Waals surface area contributed by atoms with Crippen LogP contribution in [-0.2, 0) is 11.3 Å². The van der Waals surface area contributed by atoms with Gasteiger partial charge in [0.2, 0.25) is 5.91 Å². The van der Waals surface area contributed by atoms with Crippen LogP contribution in [0, 0.1) is 5.92 Å². The van der Waals surface area contributed by atoms with E-state index in [0.29, 0.717) is 12.5 Å². The zero-order chi connectivity index (χ0) is 18.2. The van der Waals surface area contributed by atoms with E-state index < -0.39 is 0 Å². The molecule has 0 saturated carbocycles. The van der Waals surface area contributed by atoms with Gasteiger partial charge in [-0.3, -0.25) is 14.7 Å². The van der Waals surface area contributed by atoms with E-state index in [1.54, 1.807) is 12.4 Å². The average molecular weight is 353 g/mol. The number of pyridine rings is 2. The van der Waals surface area contributed by atoms with Crippen molar-refractivity contribution in [1.82, 2.24) is 20.2 Å². The summed E-state index contributed by atoms with van der Waals surface area (Å²) in [4.78, 5) is 25.0. The predicted octanol–water partition coefficient (Wildman–Crippen LogP) is 1.94. The summed E-state index contributed by atoms with van der Waals surface area (Å²) in [6.07, 6.45) is 7.67. The van der Waals surface area contributed by atoms with E-state index in [2.05, 4.69) is 26.3 Å². The third kappa shape index (κ3) is 5.52. The summed E-state index contributed by atoms with van der Waals surface area (Å²) < 4.78 is 0. The summed E-state index contributed by atoms with van der Waals surface area (Å²) in [5, 5.41) is 3.10. The molecule has 3 rings (SSSR count). The van der Waals surface area contributed by atoms with Crippen molar-refractivity contribution in [3.8, 4) is 0 Å². The molecule has 138 valence electrons. The number of nitrogens with zero attached hydrogens (tertiary/aromatic N) is 4. The molecule has 3 heterocycles. The van der Waals surface area contributed by atoms with Crippen molar-refractivity contribution in [2.75, 3.05) is 38.1 Å². The van der Waals surface area contributed by atoms with E-state index in [4.69, 9.17) is 0 Å². The zero-order valence-electron chi connectivity index (χ0n) is 15.3. The molecule has 1 aliphatic rings. The van der Waals surface area contributed by atoms with Crippen molar-refractivity contribution < 1.29 is 4.79 Å². The van der Waals surface area contributed by atoms with E-state index in [9.17, 15) is 4.79 Å². The highest BCUT2D eigenvalue weighted by molar-refractivity contribution is 5.77. The number of carbonyl (C=O) groups excluding carboxylic acids is 1. The van der Waals surface area contributed by atoms with E-state index in [1.807, 2.05) is 42.4 Å². The minimum Gasteiger partial charge on any atom is -0.356 e. The van der Waals surface area contributed by atoms with Gasteiger partial charge < -0.3 is 10.2 Å². The van der Waals surface area contributed by atoms with Gasteiger partial charge in [0.25, 0.3) is 0 Å². The number of amides is 1. The van der Waals surface area contributed by atoms with Gasteiger partial charge in [-0.15, -0.1) is 0 Å². The van der Waals surface area contributed by atoms with Crippen LogP contribution in [-0.4, -0.2) is 54.0 Å². The molecular formula is C20H27N5O. The maximum absolute atomic E-state index is 12.2. The molecule has 1 aliphatic heterocycles. The first kappa shape index (κ1) is 18.3. The van der Waals surface area contributed by atoms with Crippen LogP contribution in [0.5, 0.6) is 0 Å². The normalized spacial score (nSPS) is 17.3. The maximum Gasteiger partial charge on any atom is 0.234 e. The fourth-order valence-corrected chi connectivity index (χ4v) is 3.40. The van der Waals surface area contributed by atoms with Crippen LogP contribution < -0.4 is 10.2 Å². The third-order valence-corrected chi connectivity index (χ3v) is 4.70. The van der Waals surface area contributed by atoms with Gasteiger partial charge >= 0.3 is 0 Å². The summed E-state index contributed by atoms with van der Waals surface area (Å²) in [5.41, 5.74) is 1.16. The zero-order valence-corrected chi connectivity index (χ0v) is 15.3. The number of nitrogens with one attached hydrogen (secondary N) is 1. The lowest BCUT2D eigenvalue weighted by Crippen LogP contribution is -2.43. The van der Waals surface area contributed by atoms with Gasteiger partial charge in [0, 0.05) is 44.8 Å². The molecule has 1 atom stereocenters. The molecule has 0 aromatic carbocycles. The van der Waals surface area contributed by atoms with E-state index in [1.165, 1.54) is 0 Å². The minimum absolute atomic E-state index is 0.0801. The largest absolute Gasteiger partial charge is 0.356 e. The Kier molecular flexibility index (Phi) is 6.55. The van der Waals surface area contributed by atoms with E-state index >= 15 is 0 Å². The molecule has 0 unspecified atom stereocenters. The van der Waals surface area contributed by atoms with Crippen LogP contribution in [0.1, 0.15) is 18.4 Å². The highest BCUT2D eigenvalue weighted by Crippen LogP contribution is 2.20. The summed E-state index contributed by atoms with van der Waals surface area (Å²) in [7, 11) is 1.96. The Morgan fingerprint density at radius 1 is 1.27 bits per heavy atom. The van der Waals surface area contributed by atoms with Crippen molar-refractivity contribution in [3.05, 3.63) is 54.5 Å². The van der Waals surface area contributed by atoms with Gasteiger partial charge in [-0.2, -0.15) is 0 Å². The highest BCUT2D eigenvalue weighted by atomic mass is 16.2. The number of rotatable bonds is 7. The van der Waals surface area contributed by atoms with Gasteiger partial charge in [-0.25, -0.2) is 4.98 Å². The van der Waals surface area contributed by atoms with Crippen molar-refractivity contribution in [2.45, 2.75) is 19.4 Å². The van der Waals surface area contributed by atoms with Gasteiger partial charge in [-0.05, 0) is 55.6 Å². The molecule has 1 N–H and O–H groups in total. The van der Waals surface area contributed by atoms with Crippen LogP contribution in [0.3, 0.4) is 0 Å². The number of hydrogen-bond acceptors (Lipinski definition) is 5. The quantitative estimate of drug-likeness (QED) is 0.824. The molecule has 0 radical (unpaired) electrons. The smallest absolute Gasteiger partial charge is 0.234 e. The fraction of sp³-hybridized carbons (Fsp3) is 0.450. The molecule has 1 saturated heterocycles. The average Bonchev–Trinajstić information content (AvgIpc) is 2.68. The molecule has 2 aromatic rings. The number of piperidine rings is 1. The molecule has 1 amide bonds. The van der Waals surface area contributed by atoms with Crippen LogP contribution in [0.4, 0.5) is 5.82 Å². The number of carbonyl (C=O) groups is 1. The molecule has 6 heteroatoms. The molecule has 0 spiro atoms. The second-order valence-electron chi connectivity index (χ2n) is 6.97. The Labute approximate surface area is 155 Å². The number of anilines is 1. The highest BCUT2D eigenvalue weighted by Gasteiger charge is 2.21. The second kappa shape index (κ2) is 9.29. The molecule has 6 nitrogen and oxygen atoms in total. The standard InChI is InChI=1S/C20H27N5O/c1-24(14-17-7-10-21-11-8-17)16-20(26)23-13-18-5-4-12-25(15-18)19-6-2-3-9-22-19/h2-3,6-11,18H,4-5,12-16H2,1H3,(H,23,26)/t18-/m0/s1. The first-order valence-corrected chi connectivity index (χ1v) is 9.21. The Bertz CT molecular complexity index is 679. The summed E-state index contributed by atoms with van der Waals surface area (Å²) in [6, 6.07) is 9.96. The Morgan fingerprint density at radius 2 is 2.12 bits per heavy atom. The molecular weight excluding hydrogens is 326 g/mol. The maximum atomic E-state index is 12.2. The van der Waals surface area contributed by atoms with E-state index in [0.717, 1.165) is 50.4 Å². The molecule has 2 aromatic heterocycles. The SMILES string of the molecule is CN(CC(=O)NC[C@@H]1CCCN(c2ccccn2)C1)Cc1ccncc1. The summed E-state index contributed by atoms with van der Waals surface area (Å²) in [6.45, 7) is 3.86. The molecule has 0 bridgehead atoms. The van der Waals surface area contributed by atoms with E-state index in [-0.39, 0.29) is 5.91 Å². The molecule has 26 heavy (non-hydrogen) atoms. The third-order valence-electron chi connectivity index (χ3n) is 4.70. The molecule has 0 aliphatic carbocycles. The van der Waals surface area contributed by atoms with Crippen LogP contribution >= 0.6 is 0 Å². The number of likely N-dealkylation sites (N-methyl/N-ethyl adjacent to an activating group) is 1. The Morgan fingerprint density at radius 3 is 2.88 bits per heavy atom. The number of aromatic nitrogens is 2.